The summed E-state index contributed by atoms with van der Waals surface area (Å²) in [5.41, 5.74) is 5.65. The average Bonchev–Trinajstić information content (AvgIpc) is 2.63. The fraction of sp³-hybridized carbons (Fsp3) is 0. The van der Waals surface area contributed by atoms with Gasteiger partial charge in [0.25, 0.3) is 5.91 Å². The number of carbonyl (C=O) groups is 1. The van der Waals surface area contributed by atoms with E-state index in [-0.39, 0.29) is 11.7 Å². The molecule has 0 aromatic heterocycles. The standard InChI is InChI=1S/C20H15FN2O/c21-19-8-4-5-15(13-19)14-22-23-20(24)18-11-9-17(10-12-18)16-6-2-1-3-7-16/h1-14H,(H,23,24)/b22-14+. The number of halogens is 1. The van der Waals surface area contributed by atoms with Gasteiger partial charge in [0.05, 0.1) is 6.21 Å². The number of nitrogens with one attached hydrogen (secondary N) is 1. The summed E-state index contributed by atoms with van der Waals surface area (Å²) in [6, 6.07) is 23.2. The number of hydrogen-bond donors (Lipinski definition) is 1. The van der Waals surface area contributed by atoms with Gasteiger partial charge in [-0.25, -0.2) is 9.82 Å². The van der Waals surface area contributed by atoms with Gasteiger partial charge in [0.1, 0.15) is 5.82 Å². The number of hydrazone groups is 1. The molecule has 0 aliphatic rings. The van der Waals surface area contributed by atoms with Gasteiger partial charge in [-0.3, -0.25) is 4.79 Å². The molecule has 0 aliphatic carbocycles. The predicted molar refractivity (Wildman–Crippen MR) is 93.3 cm³/mol. The highest BCUT2D eigenvalue weighted by Crippen LogP contribution is 2.19. The van der Waals surface area contributed by atoms with Gasteiger partial charge in [-0.15, -0.1) is 0 Å². The Morgan fingerprint density at radius 2 is 1.58 bits per heavy atom. The fourth-order valence-electron chi connectivity index (χ4n) is 2.26. The predicted octanol–water partition coefficient (Wildman–Crippen LogP) is 4.26. The highest BCUT2D eigenvalue weighted by Gasteiger charge is 2.04. The summed E-state index contributed by atoms with van der Waals surface area (Å²) in [6.45, 7) is 0. The van der Waals surface area contributed by atoms with Crippen LogP contribution in [-0.4, -0.2) is 12.1 Å². The van der Waals surface area contributed by atoms with Crippen molar-refractivity contribution >= 4 is 12.1 Å². The first-order chi connectivity index (χ1) is 11.7. The van der Waals surface area contributed by atoms with E-state index in [1.165, 1.54) is 18.3 Å². The third-order valence-electron chi connectivity index (χ3n) is 3.48. The quantitative estimate of drug-likeness (QED) is 0.567. The summed E-state index contributed by atoms with van der Waals surface area (Å²) in [5, 5.41) is 3.85. The average molecular weight is 318 g/mol. The summed E-state index contributed by atoms with van der Waals surface area (Å²) in [5.74, 6) is -0.663. The maximum Gasteiger partial charge on any atom is 0.271 e. The zero-order chi connectivity index (χ0) is 16.8. The Morgan fingerprint density at radius 1 is 0.875 bits per heavy atom. The molecule has 0 aliphatic heterocycles. The number of hydrogen-bond acceptors (Lipinski definition) is 2. The number of amides is 1. The van der Waals surface area contributed by atoms with Gasteiger partial charge in [-0.2, -0.15) is 5.10 Å². The lowest BCUT2D eigenvalue weighted by atomic mass is 10.0. The van der Waals surface area contributed by atoms with Gasteiger partial charge < -0.3 is 0 Å². The lowest BCUT2D eigenvalue weighted by Crippen LogP contribution is -2.17. The summed E-state index contributed by atoms with van der Waals surface area (Å²) < 4.78 is 13.0. The second-order valence-corrected chi connectivity index (χ2v) is 5.20. The molecule has 3 rings (SSSR count). The second-order valence-electron chi connectivity index (χ2n) is 5.20. The van der Waals surface area contributed by atoms with Gasteiger partial charge in [0.15, 0.2) is 0 Å². The van der Waals surface area contributed by atoms with Crippen LogP contribution < -0.4 is 5.43 Å². The lowest BCUT2D eigenvalue weighted by molar-refractivity contribution is 0.0955. The Morgan fingerprint density at radius 3 is 2.29 bits per heavy atom. The zero-order valence-electron chi connectivity index (χ0n) is 12.8. The van der Waals surface area contributed by atoms with Crippen LogP contribution in [0.5, 0.6) is 0 Å². The molecule has 0 spiro atoms. The van der Waals surface area contributed by atoms with E-state index in [1.807, 2.05) is 42.5 Å². The smallest absolute Gasteiger partial charge is 0.267 e. The van der Waals surface area contributed by atoms with Crippen LogP contribution in [0.2, 0.25) is 0 Å². The number of nitrogens with zero attached hydrogens (tertiary/aromatic N) is 1. The molecule has 24 heavy (non-hydrogen) atoms. The SMILES string of the molecule is O=C(N/N=C/c1cccc(F)c1)c1ccc(-c2ccccc2)cc1. The van der Waals surface area contributed by atoms with E-state index in [0.29, 0.717) is 11.1 Å². The molecule has 1 N–H and O–H groups in total. The van der Waals surface area contributed by atoms with Crippen molar-refractivity contribution in [3.63, 3.8) is 0 Å². The minimum Gasteiger partial charge on any atom is -0.267 e. The molecule has 0 unspecified atom stereocenters. The summed E-state index contributed by atoms with van der Waals surface area (Å²) in [6.07, 6.45) is 1.40. The normalized spacial score (nSPS) is 10.7. The maximum absolute atomic E-state index is 13.0. The number of benzene rings is 3. The van der Waals surface area contributed by atoms with E-state index in [2.05, 4.69) is 10.5 Å². The molecule has 3 nitrogen and oxygen atoms in total. The zero-order valence-corrected chi connectivity index (χ0v) is 12.8. The van der Waals surface area contributed by atoms with E-state index >= 15 is 0 Å². The molecule has 3 aromatic carbocycles. The summed E-state index contributed by atoms with van der Waals surface area (Å²) in [4.78, 5) is 12.1. The Kier molecular flexibility index (Phi) is 4.77. The molecule has 0 bridgehead atoms. The van der Waals surface area contributed by atoms with Crippen LogP contribution in [0.4, 0.5) is 4.39 Å². The first-order valence-corrected chi connectivity index (χ1v) is 7.47. The van der Waals surface area contributed by atoms with E-state index in [1.54, 1.807) is 24.3 Å². The molecular weight excluding hydrogens is 303 g/mol. The largest absolute Gasteiger partial charge is 0.271 e. The van der Waals surface area contributed by atoms with Crippen molar-refractivity contribution in [2.75, 3.05) is 0 Å². The van der Waals surface area contributed by atoms with Crippen LogP contribution in [0.15, 0.2) is 84.0 Å². The molecule has 0 atom stereocenters. The summed E-state index contributed by atoms with van der Waals surface area (Å²) in [7, 11) is 0. The maximum atomic E-state index is 13.0. The van der Waals surface area contributed by atoms with Gasteiger partial charge >= 0.3 is 0 Å². The van der Waals surface area contributed by atoms with E-state index in [4.69, 9.17) is 0 Å². The molecule has 4 heteroatoms. The first-order valence-electron chi connectivity index (χ1n) is 7.47. The van der Waals surface area contributed by atoms with Gasteiger partial charge in [0.2, 0.25) is 0 Å². The van der Waals surface area contributed by atoms with E-state index in [0.717, 1.165) is 11.1 Å². The molecule has 0 saturated heterocycles. The molecule has 0 fully saturated rings. The Hall–Kier alpha value is -3.27. The van der Waals surface area contributed by atoms with E-state index in [9.17, 15) is 9.18 Å². The van der Waals surface area contributed by atoms with Crippen molar-refractivity contribution in [2.45, 2.75) is 0 Å². The number of rotatable bonds is 4. The fourth-order valence-corrected chi connectivity index (χ4v) is 2.26. The van der Waals surface area contributed by atoms with Gasteiger partial charge in [-0.1, -0.05) is 54.6 Å². The highest BCUT2D eigenvalue weighted by molar-refractivity contribution is 5.95. The number of carbonyl (C=O) groups excluding carboxylic acids is 1. The highest BCUT2D eigenvalue weighted by atomic mass is 19.1. The first kappa shape index (κ1) is 15.6. The van der Waals surface area contributed by atoms with Crippen LogP contribution in [0, 0.1) is 5.82 Å². The van der Waals surface area contributed by atoms with Crippen molar-refractivity contribution in [2.24, 2.45) is 5.10 Å². The monoisotopic (exact) mass is 318 g/mol. The topological polar surface area (TPSA) is 41.5 Å². The summed E-state index contributed by atoms with van der Waals surface area (Å²) >= 11 is 0. The molecule has 0 heterocycles. The molecule has 0 radical (unpaired) electrons. The molecule has 0 saturated carbocycles. The third-order valence-corrected chi connectivity index (χ3v) is 3.48. The van der Waals surface area contributed by atoms with Crippen LogP contribution in [0.1, 0.15) is 15.9 Å². The molecular formula is C20H15FN2O. The minimum atomic E-state index is -0.346. The van der Waals surface area contributed by atoms with Crippen molar-refractivity contribution in [1.29, 1.82) is 0 Å². The Labute approximate surface area is 139 Å². The lowest BCUT2D eigenvalue weighted by Gasteiger charge is -2.03. The van der Waals surface area contributed by atoms with E-state index < -0.39 is 0 Å². The van der Waals surface area contributed by atoms with Crippen molar-refractivity contribution in [3.8, 4) is 11.1 Å². The van der Waals surface area contributed by atoms with Crippen LogP contribution in [-0.2, 0) is 0 Å². The molecule has 118 valence electrons. The van der Waals surface area contributed by atoms with Crippen LogP contribution >= 0.6 is 0 Å². The molecule has 1 amide bonds. The second kappa shape index (κ2) is 7.33. The minimum absolute atomic E-state index is 0.317. The Bertz CT molecular complexity index is 858. The van der Waals surface area contributed by atoms with Crippen LogP contribution in [0.25, 0.3) is 11.1 Å². The van der Waals surface area contributed by atoms with Crippen molar-refractivity contribution in [1.82, 2.24) is 5.43 Å². The van der Waals surface area contributed by atoms with Crippen molar-refractivity contribution in [3.05, 3.63) is 95.8 Å². The Balaban J connectivity index is 1.65. The van der Waals surface area contributed by atoms with Crippen LogP contribution in [0.3, 0.4) is 0 Å². The van der Waals surface area contributed by atoms with Crippen molar-refractivity contribution < 1.29 is 9.18 Å². The van der Waals surface area contributed by atoms with Gasteiger partial charge in [-0.05, 0) is 41.0 Å². The van der Waals surface area contributed by atoms with Gasteiger partial charge in [0, 0.05) is 5.56 Å². The molecule has 3 aromatic rings. The third kappa shape index (κ3) is 3.93.